The molecule has 0 aliphatic heterocycles. The molecule has 1 amide bonds. The van der Waals surface area contributed by atoms with Crippen molar-refractivity contribution in [3.8, 4) is 0 Å². The Labute approximate surface area is 197 Å². The van der Waals surface area contributed by atoms with Gasteiger partial charge in [-0.2, -0.15) is 14.5 Å². The second-order valence-corrected chi connectivity index (χ2v) is 8.77. The van der Waals surface area contributed by atoms with E-state index in [4.69, 9.17) is 5.73 Å². The van der Waals surface area contributed by atoms with E-state index in [2.05, 4.69) is 30.8 Å². The van der Waals surface area contributed by atoms with E-state index < -0.39 is 34.2 Å². The molecule has 0 spiro atoms. The molecule has 2 aromatic heterocycles. The van der Waals surface area contributed by atoms with Gasteiger partial charge < -0.3 is 11.1 Å². The van der Waals surface area contributed by atoms with Gasteiger partial charge in [-0.3, -0.25) is 9.59 Å². The molecule has 0 aliphatic carbocycles. The van der Waals surface area contributed by atoms with Crippen LogP contribution in [-0.4, -0.2) is 55.2 Å². The lowest BCUT2D eigenvalue weighted by molar-refractivity contribution is -0.120. The Morgan fingerprint density at radius 3 is 2.54 bits per heavy atom. The average Bonchev–Trinajstić information content (AvgIpc) is 3.42. The number of rotatable bonds is 7. The minimum absolute atomic E-state index is 0.0749. The van der Waals surface area contributed by atoms with Crippen LogP contribution in [0.3, 0.4) is 0 Å². The van der Waals surface area contributed by atoms with E-state index in [1.54, 1.807) is 13.0 Å². The monoisotopic (exact) mass is 500 g/mol. The highest BCUT2D eigenvalue weighted by atomic mass is 32.2. The van der Waals surface area contributed by atoms with Crippen molar-refractivity contribution >= 4 is 39.4 Å². The van der Waals surface area contributed by atoms with Crippen LogP contribution in [0.1, 0.15) is 15.9 Å². The number of nitrogens with zero attached hydrogens (tertiary/aromatic N) is 7. The number of hydrogen-bond donors (Lipinski definition) is 3. The van der Waals surface area contributed by atoms with Crippen LogP contribution in [0, 0.1) is 12.7 Å². The summed E-state index contributed by atoms with van der Waals surface area (Å²) in [5, 5.41) is 17.3. The fourth-order valence-electron chi connectivity index (χ4n) is 3.01. The summed E-state index contributed by atoms with van der Waals surface area (Å²) in [6.07, 6.45) is 1.11. The number of amides is 1. The Kier molecular flexibility index (Phi) is 6.20. The Hall–Kier alpha value is -4.73. The topological polar surface area (TPSA) is 193 Å². The number of nitrogens with two attached hydrogens (primary N) is 1. The van der Waals surface area contributed by atoms with Gasteiger partial charge >= 0.3 is 0 Å². The van der Waals surface area contributed by atoms with Gasteiger partial charge in [0.25, 0.3) is 21.8 Å². The number of halogens is 1. The standard InChI is InChI=1S/C19H17FN10O4S/c1-11-3-2-4-14(20)16(11)17(32)30-18(21)25-19(26-30)24-12-5-7-13(8-6-12)35(33,34)27-15(31)9-29-23-10-22-28-29/h2-8,10H,9H2,1H3,(H,27,31)(H3,21,24,25,26). The molecule has 0 aliphatic rings. The Balaban J connectivity index is 1.46. The van der Waals surface area contributed by atoms with Crippen molar-refractivity contribution in [2.75, 3.05) is 11.1 Å². The molecule has 0 radical (unpaired) electrons. The van der Waals surface area contributed by atoms with E-state index in [0.29, 0.717) is 11.3 Å². The van der Waals surface area contributed by atoms with Gasteiger partial charge in [-0.1, -0.05) is 12.1 Å². The molecule has 180 valence electrons. The minimum atomic E-state index is -4.16. The van der Waals surface area contributed by atoms with Crippen LogP contribution in [-0.2, 0) is 21.4 Å². The Bertz CT molecular complexity index is 1480. The van der Waals surface area contributed by atoms with Gasteiger partial charge in [-0.25, -0.2) is 17.5 Å². The zero-order valence-electron chi connectivity index (χ0n) is 18.0. The third-order valence-corrected chi connectivity index (χ3v) is 5.99. The predicted molar refractivity (Wildman–Crippen MR) is 118 cm³/mol. The van der Waals surface area contributed by atoms with Crippen LogP contribution in [0.4, 0.5) is 22.0 Å². The second-order valence-electron chi connectivity index (χ2n) is 7.09. The molecule has 35 heavy (non-hydrogen) atoms. The number of carbonyl (C=O) groups excluding carboxylic acids is 2. The lowest BCUT2D eigenvalue weighted by Gasteiger charge is -2.08. The third kappa shape index (κ3) is 5.11. The highest BCUT2D eigenvalue weighted by Gasteiger charge is 2.22. The summed E-state index contributed by atoms with van der Waals surface area (Å²) < 4.78 is 41.7. The normalized spacial score (nSPS) is 11.3. The van der Waals surface area contributed by atoms with E-state index in [-0.39, 0.29) is 22.4 Å². The van der Waals surface area contributed by atoms with Crippen LogP contribution < -0.4 is 15.8 Å². The molecule has 0 bridgehead atoms. The van der Waals surface area contributed by atoms with Crippen molar-refractivity contribution < 1.29 is 22.4 Å². The van der Waals surface area contributed by atoms with Crippen molar-refractivity contribution in [1.82, 2.24) is 39.7 Å². The number of aromatic nitrogens is 7. The zero-order chi connectivity index (χ0) is 25.2. The largest absolute Gasteiger partial charge is 0.368 e. The quantitative estimate of drug-likeness (QED) is 0.314. The van der Waals surface area contributed by atoms with Crippen LogP contribution >= 0.6 is 0 Å². The van der Waals surface area contributed by atoms with Gasteiger partial charge in [-0.15, -0.1) is 15.3 Å². The summed E-state index contributed by atoms with van der Waals surface area (Å²) in [5.41, 5.74) is 6.35. The number of carbonyl (C=O) groups is 2. The van der Waals surface area contributed by atoms with Crippen molar-refractivity contribution in [3.63, 3.8) is 0 Å². The van der Waals surface area contributed by atoms with Gasteiger partial charge in [0.05, 0.1) is 10.5 Å². The van der Waals surface area contributed by atoms with Crippen LogP contribution in [0.5, 0.6) is 0 Å². The number of sulfonamides is 1. The lowest BCUT2D eigenvalue weighted by Crippen LogP contribution is -2.33. The molecule has 2 aromatic carbocycles. The van der Waals surface area contributed by atoms with E-state index >= 15 is 0 Å². The maximum atomic E-state index is 14.2. The SMILES string of the molecule is Cc1cccc(F)c1C(=O)n1nc(Nc2ccc(S(=O)(=O)NC(=O)Cn3ncnn3)cc2)nc1N. The van der Waals surface area contributed by atoms with E-state index in [1.807, 2.05) is 4.72 Å². The summed E-state index contributed by atoms with van der Waals surface area (Å²) >= 11 is 0. The summed E-state index contributed by atoms with van der Waals surface area (Å²) in [5.74, 6) is -2.72. The fraction of sp³-hybridized carbons (Fsp3) is 0.105. The van der Waals surface area contributed by atoms with Gasteiger partial charge in [0, 0.05) is 5.69 Å². The van der Waals surface area contributed by atoms with E-state index in [9.17, 15) is 22.4 Å². The van der Waals surface area contributed by atoms with Crippen LogP contribution in [0.25, 0.3) is 0 Å². The number of hydrogen-bond acceptors (Lipinski definition) is 11. The van der Waals surface area contributed by atoms with Gasteiger partial charge in [0.2, 0.25) is 11.9 Å². The first-order valence-corrected chi connectivity index (χ1v) is 11.3. The zero-order valence-corrected chi connectivity index (χ0v) is 18.8. The third-order valence-electron chi connectivity index (χ3n) is 4.61. The smallest absolute Gasteiger partial charge is 0.284 e. The molecule has 0 saturated heterocycles. The molecule has 4 rings (SSSR count). The first-order valence-electron chi connectivity index (χ1n) is 9.80. The summed E-state index contributed by atoms with van der Waals surface area (Å²) in [4.78, 5) is 29.3. The average molecular weight is 500 g/mol. The Morgan fingerprint density at radius 1 is 1.14 bits per heavy atom. The molecule has 4 aromatic rings. The molecule has 14 nitrogen and oxygen atoms in total. The summed E-state index contributed by atoms with van der Waals surface area (Å²) in [6.45, 7) is 1.14. The number of aryl methyl sites for hydroxylation is 1. The first-order chi connectivity index (χ1) is 16.6. The fourth-order valence-corrected chi connectivity index (χ4v) is 3.99. The second kappa shape index (κ2) is 9.26. The number of nitrogens with one attached hydrogen (secondary N) is 2. The molecule has 0 atom stereocenters. The highest BCUT2D eigenvalue weighted by molar-refractivity contribution is 7.90. The maximum Gasteiger partial charge on any atom is 0.284 e. The molecule has 0 fully saturated rings. The lowest BCUT2D eigenvalue weighted by atomic mass is 10.1. The van der Waals surface area contributed by atoms with Crippen molar-refractivity contribution in [3.05, 3.63) is 65.7 Å². The highest BCUT2D eigenvalue weighted by Crippen LogP contribution is 2.20. The van der Waals surface area contributed by atoms with E-state index in [0.717, 1.165) is 21.9 Å². The number of tetrazole rings is 1. The van der Waals surface area contributed by atoms with Crippen molar-refractivity contribution in [2.45, 2.75) is 18.4 Å². The van der Waals surface area contributed by atoms with Crippen LogP contribution in [0.2, 0.25) is 0 Å². The van der Waals surface area contributed by atoms with Gasteiger partial charge in [0.1, 0.15) is 12.4 Å². The number of nitrogen functional groups attached to an aromatic ring is 1. The molecular weight excluding hydrogens is 483 g/mol. The Morgan fingerprint density at radius 2 is 1.89 bits per heavy atom. The van der Waals surface area contributed by atoms with E-state index in [1.165, 1.54) is 30.3 Å². The predicted octanol–water partition coefficient (Wildman–Crippen LogP) is 0.232. The molecular formula is C19H17FN10O4S. The molecule has 2 heterocycles. The molecule has 16 heteroatoms. The summed E-state index contributed by atoms with van der Waals surface area (Å²) in [7, 11) is -4.16. The summed E-state index contributed by atoms with van der Waals surface area (Å²) in [6, 6.07) is 9.44. The van der Waals surface area contributed by atoms with Gasteiger partial charge in [0.15, 0.2) is 6.33 Å². The van der Waals surface area contributed by atoms with Gasteiger partial charge in [-0.05, 0) is 48.0 Å². The first kappa shape index (κ1) is 23.4. The molecule has 4 N–H and O–H groups in total. The minimum Gasteiger partial charge on any atom is -0.368 e. The van der Waals surface area contributed by atoms with Crippen molar-refractivity contribution in [2.24, 2.45) is 0 Å². The number of benzene rings is 2. The molecule has 0 unspecified atom stereocenters. The number of anilines is 3. The van der Waals surface area contributed by atoms with Crippen molar-refractivity contribution in [1.29, 1.82) is 0 Å². The molecule has 0 saturated carbocycles. The maximum absolute atomic E-state index is 14.2. The van der Waals surface area contributed by atoms with Crippen LogP contribution in [0.15, 0.2) is 53.7 Å².